The first-order valence-electron chi connectivity index (χ1n) is 1.74. The maximum atomic E-state index is 7.50. The summed E-state index contributed by atoms with van der Waals surface area (Å²) in [4.78, 5) is 0. The smallest absolute Gasteiger partial charge is 0 e. The summed E-state index contributed by atoms with van der Waals surface area (Å²) in [7, 11) is 0. The maximum absolute atomic E-state index is 7.50. The fourth-order valence-corrected chi connectivity index (χ4v) is 0. The van der Waals surface area contributed by atoms with Crippen LogP contribution in [0.15, 0.2) is 0 Å². The summed E-state index contributed by atoms with van der Waals surface area (Å²) < 4.78 is 37.5. The van der Waals surface area contributed by atoms with Gasteiger partial charge in [-0.15, -0.1) is 0 Å². The van der Waals surface area contributed by atoms with Gasteiger partial charge in [0.1, 0.15) is 0 Å². The van der Waals surface area contributed by atoms with Gasteiger partial charge in [-0.3, -0.25) is 0 Å². The van der Waals surface area contributed by atoms with Crippen molar-refractivity contribution in [1.82, 2.24) is 0 Å². The SMILES string of the molecule is CC#N.[C-]#[O+].[C-]#[O+].[C-]#[O+].[C-]#[O+].[C-]#[O+].[Re]. The quantitative estimate of drug-likeness (QED) is 0.445. The molecule has 0 spiro atoms. The first-order valence-corrected chi connectivity index (χ1v) is 1.74. The van der Waals surface area contributed by atoms with Gasteiger partial charge in [0.05, 0.1) is 6.07 Å². The maximum Gasteiger partial charge on any atom is 0 e. The average Bonchev–Trinajstić information content (AvgIpc) is 2.32. The first-order chi connectivity index (χ1) is 6.41. The molecule has 0 saturated heterocycles. The monoisotopic (exact) mass is 368 g/mol. The number of hydrogen-bond donors (Lipinski definition) is 0. The van der Waals surface area contributed by atoms with Gasteiger partial charge in [0.25, 0.3) is 0 Å². The Labute approximate surface area is 95.5 Å². The zero-order valence-electron chi connectivity index (χ0n) is 6.87. The second-order valence-electron chi connectivity index (χ2n) is 0.224. The molecule has 0 aromatic rings. The van der Waals surface area contributed by atoms with Crippen molar-refractivity contribution in [2.24, 2.45) is 0 Å². The van der Waals surface area contributed by atoms with Gasteiger partial charge in [-0.25, -0.2) is 0 Å². The second-order valence-corrected chi connectivity index (χ2v) is 0.224. The molecule has 0 heterocycles. The molecular formula is C7H3NO5Re. The van der Waals surface area contributed by atoms with Crippen molar-refractivity contribution in [2.75, 3.05) is 0 Å². The van der Waals surface area contributed by atoms with Crippen molar-refractivity contribution in [1.29, 1.82) is 5.26 Å². The minimum absolute atomic E-state index is 0. The van der Waals surface area contributed by atoms with Crippen molar-refractivity contribution >= 4 is 0 Å². The van der Waals surface area contributed by atoms with Crippen LogP contribution >= 0.6 is 0 Å². The Bertz CT molecular complexity index is 138. The van der Waals surface area contributed by atoms with E-state index in [0.29, 0.717) is 0 Å². The number of hydrogen-bond acceptors (Lipinski definition) is 1. The minimum Gasteiger partial charge on any atom is 0 e. The first kappa shape index (κ1) is 52.7. The molecule has 1 radical (unpaired) electrons. The molecule has 73 valence electrons. The van der Waals surface area contributed by atoms with E-state index < -0.39 is 0 Å². The molecule has 14 heavy (non-hydrogen) atoms. The summed E-state index contributed by atoms with van der Waals surface area (Å²) in [5.74, 6) is 0. The van der Waals surface area contributed by atoms with Crippen LogP contribution < -0.4 is 0 Å². The van der Waals surface area contributed by atoms with Gasteiger partial charge in [-0.2, -0.15) is 5.26 Å². The van der Waals surface area contributed by atoms with Crippen LogP contribution in [0.5, 0.6) is 0 Å². The number of nitrogens with zero attached hydrogens (tertiary/aromatic N) is 1. The molecule has 0 unspecified atom stereocenters. The number of nitriles is 1. The Balaban J connectivity index is -0.00000000838. The van der Waals surface area contributed by atoms with Gasteiger partial charge in [-0.1, -0.05) is 0 Å². The molecule has 0 aliphatic carbocycles. The van der Waals surface area contributed by atoms with Crippen LogP contribution in [0, 0.1) is 44.6 Å². The zero-order valence-corrected chi connectivity index (χ0v) is 9.58. The van der Waals surface area contributed by atoms with Gasteiger partial charge in [0.2, 0.25) is 0 Å². The van der Waals surface area contributed by atoms with Crippen LogP contribution in [-0.4, -0.2) is 0 Å². The van der Waals surface area contributed by atoms with Crippen LogP contribution in [0.3, 0.4) is 0 Å². The van der Waals surface area contributed by atoms with Crippen LogP contribution in [0.2, 0.25) is 0 Å². The van der Waals surface area contributed by atoms with E-state index >= 15 is 0 Å². The van der Waals surface area contributed by atoms with Crippen molar-refractivity contribution in [3.63, 3.8) is 0 Å². The van der Waals surface area contributed by atoms with Crippen molar-refractivity contribution < 1.29 is 43.7 Å². The van der Waals surface area contributed by atoms with Gasteiger partial charge in [-0.05, 0) is 0 Å². The van der Waals surface area contributed by atoms with E-state index in [-0.39, 0.29) is 20.4 Å². The second kappa shape index (κ2) is 64000. The summed E-state index contributed by atoms with van der Waals surface area (Å²) in [6, 6.07) is 1.75. The van der Waals surface area contributed by atoms with Crippen LogP contribution in [-0.2, 0) is 43.7 Å². The van der Waals surface area contributed by atoms with E-state index in [0.717, 1.165) is 0 Å². The Morgan fingerprint density at radius 1 is 0.714 bits per heavy atom. The van der Waals surface area contributed by atoms with E-state index in [1.54, 1.807) is 6.07 Å². The summed E-state index contributed by atoms with van der Waals surface area (Å²) in [5.41, 5.74) is 0. The summed E-state index contributed by atoms with van der Waals surface area (Å²) in [6.07, 6.45) is 0. The third kappa shape index (κ3) is 800. The summed E-state index contributed by atoms with van der Waals surface area (Å²) in [6.45, 7) is 23.9. The predicted octanol–water partition coefficient (Wildman–Crippen LogP) is 0.340. The van der Waals surface area contributed by atoms with Crippen molar-refractivity contribution in [2.45, 2.75) is 6.92 Å². The molecule has 0 amide bonds. The fraction of sp³-hybridized carbons (Fsp3) is 0.143. The van der Waals surface area contributed by atoms with E-state index in [2.05, 4.69) is 33.3 Å². The van der Waals surface area contributed by atoms with Gasteiger partial charge in [0.15, 0.2) is 0 Å². The van der Waals surface area contributed by atoms with Crippen molar-refractivity contribution in [3.05, 3.63) is 33.3 Å². The molecule has 0 N–H and O–H groups in total. The van der Waals surface area contributed by atoms with E-state index in [1.165, 1.54) is 6.92 Å². The molecule has 7 heteroatoms. The fourth-order valence-electron chi connectivity index (χ4n) is 0. The van der Waals surface area contributed by atoms with E-state index in [4.69, 9.17) is 28.5 Å². The molecule has 0 fully saturated rings. The van der Waals surface area contributed by atoms with Crippen molar-refractivity contribution in [3.8, 4) is 6.07 Å². The topological polar surface area (TPSA) is 123 Å². The minimum atomic E-state index is 0. The van der Waals surface area contributed by atoms with Gasteiger partial charge < -0.3 is 0 Å². The predicted molar refractivity (Wildman–Crippen MR) is 30.9 cm³/mol. The Morgan fingerprint density at radius 3 is 0.714 bits per heavy atom. The Morgan fingerprint density at radius 2 is 0.714 bits per heavy atom. The normalized spacial score (nSPS) is 1.29. The van der Waals surface area contributed by atoms with Gasteiger partial charge in [0, 0.05) is 27.3 Å². The molecule has 0 bridgehead atoms. The Hall–Kier alpha value is -1.15. The Kier molecular flexibility index (Phi) is 241000. The van der Waals surface area contributed by atoms with E-state index in [1.807, 2.05) is 0 Å². The average molecular weight is 367 g/mol. The van der Waals surface area contributed by atoms with Crippen LogP contribution in [0.25, 0.3) is 0 Å². The molecule has 0 aliphatic rings. The zero-order chi connectivity index (χ0) is 12.7. The van der Waals surface area contributed by atoms with Gasteiger partial charge >= 0.3 is 56.5 Å². The molecule has 0 atom stereocenters. The van der Waals surface area contributed by atoms with Crippen LogP contribution in [0.4, 0.5) is 0 Å². The largest absolute Gasteiger partial charge is 0 e. The van der Waals surface area contributed by atoms with Crippen LogP contribution in [0.1, 0.15) is 6.92 Å². The standard InChI is InChI=1S/C2H3N.5CO.Re/c1-2-3;5*1-2;/h1H3;;;;;;. The molecule has 0 aliphatic heterocycles. The van der Waals surface area contributed by atoms with E-state index in [9.17, 15) is 0 Å². The molecule has 0 rings (SSSR count). The third-order valence-corrected chi connectivity index (χ3v) is 0. The molecule has 6 nitrogen and oxygen atoms in total. The molecular weight excluding hydrogens is 364 g/mol. The molecule has 0 saturated carbocycles. The molecule has 0 aromatic carbocycles. The molecule has 0 aromatic heterocycles. The summed E-state index contributed by atoms with van der Waals surface area (Å²) >= 11 is 0. The third-order valence-electron chi connectivity index (χ3n) is 0. The number of rotatable bonds is 0. The summed E-state index contributed by atoms with van der Waals surface area (Å²) in [5, 5.41) is 7.32.